The molecular weight excluding hydrogens is 514 g/mol. The number of thioether (sulfide) groups is 1. The highest BCUT2D eigenvalue weighted by atomic mass is 35.5. The quantitative estimate of drug-likeness (QED) is 0.218. The molecule has 3 rings (SSSR count). The first-order valence-corrected chi connectivity index (χ1v) is 15.2. The lowest BCUT2D eigenvalue weighted by atomic mass is 9.95. The highest BCUT2D eigenvalue weighted by Crippen LogP contribution is 2.35. The first-order chi connectivity index (χ1) is 18.5. The molecule has 208 valence electrons. The summed E-state index contributed by atoms with van der Waals surface area (Å²) in [7, 11) is 0. The molecule has 1 saturated heterocycles. The van der Waals surface area contributed by atoms with E-state index >= 15 is 0 Å². The summed E-state index contributed by atoms with van der Waals surface area (Å²) < 4.78 is 11.9. The van der Waals surface area contributed by atoms with Crippen molar-refractivity contribution in [2.75, 3.05) is 12.4 Å². The summed E-state index contributed by atoms with van der Waals surface area (Å²) >= 11 is 8.50. The zero-order valence-corrected chi connectivity index (χ0v) is 25.1. The minimum atomic E-state index is -0.0172. The first kappa shape index (κ1) is 32.0. The predicted octanol–water partition coefficient (Wildman–Crippen LogP) is 8.65. The van der Waals surface area contributed by atoms with E-state index in [1.165, 1.54) is 11.1 Å². The van der Waals surface area contributed by atoms with Crippen molar-refractivity contribution in [1.82, 2.24) is 5.32 Å². The Morgan fingerprint density at radius 1 is 1.29 bits per heavy atom. The summed E-state index contributed by atoms with van der Waals surface area (Å²) in [5.41, 5.74) is 4.45. The van der Waals surface area contributed by atoms with Gasteiger partial charge < -0.3 is 14.8 Å². The Bertz CT molecular complexity index is 1030. The summed E-state index contributed by atoms with van der Waals surface area (Å²) in [5, 5.41) is 4.06. The number of benzene rings is 1. The fourth-order valence-corrected chi connectivity index (χ4v) is 5.82. The van der Waals surface area contributed by atoms with Crippen molar-refractivity contribution in [2.24, 2.45) is 0 Å². The Labute approximate surface area is 239 Å². The fourth-order valence-electron chi connectivity index (χ4n) is 4.43. The second kappa shape index (κ2) is 18.1. The summed E-state index contributed by atoms with van der Waals surface area (Å²) in [5.74, 6) is 0.927. The van der Waals surface area contributed by atoms with E-state index in [9.17, 15) is 4.79 Å². The van der Waals surface area contributed by atoms with Crippen LogP contribution < -0.4 is 5.32 Å². The highest BCUT2D eigenvalue weighted by Gasteiger charge is 2.25. The van der Waals surface area contributed by atoms with Crippen LogP contribution in [0.5, 0.6) is 0 Å². The Kier molecular flexibility index (Phi) is 15.3. The standard InChI is InChI=1S/C30H38ClNO3S.C2H6/c1-4-9-23(10-8-17-34-5-2)18-25-19-24(15-16-29(25)31)30-14-7-12-27(35-30)21-36-28-13-6-11-26(20-28)32-22(3)33;1-2/h4,6,8-11,13,15-17,19,27-28,30H,5,7,12,14,18,20-21H2,1-3H3,(H,32,33);1-2H3/b9-4-,17-8+,23-10+;. The second-order valence-electron chi connectivity index (χ2n) is 9.06. The number of hydrogen-bond donors (Lipinski definition) is 1. The molecule has 2 aliphatic rings. The summed E-state index contributed by atoms with van der Waals surface area (Å²) in [6.45, 7) is 10.2. The molecule has 0 radical (unpaired) electrons. The van der Waals surface area contributed by atoms with Crippen molar-refractivity contribution in [3.8, 4) is 0 Å². The third-order valence-electron chi connectivity index (χ3n) is 6.09. The van der Waals surface area contributed by atoms with Gasteiger partial charge in [-0.25, -0.2) is 0 Å². The number of rotatable bonds is 11. The number of hydrogen-bond acceptors (Lipinski definition) is 4. The Hall–Kier alpha value is -2.21. The zero-order valence-electron chi connectivity index (χ0n) is 23.5. The third kappa shape index (κ3) is 11.3. The molecule has 0 saturated carbocycles. The highest BCUT2D eigenvalue weighted by molar-refractivity contribution is 8.00. The van der Waals surface area contributed by atoms with Crippen LogP contribution in [0.25, 0.3) is 0 Å². The molecule has 3 unspecified atom stereocenters. The molecule has 4 nitrogen and oxygen atoms in total. The van der Waals surface area contributed by atoms with Gasteiger partial charge in [0.25, 0.3) is 0 Å². The van der Waals surface area contributed by atoms with Gasteiger partial charge in [-0.05, 0) is 74.4 Å². The maximum atomic E-state index is 11.4. The number of carbonyl (C=O) groups excluding carboxylic acids is 1. The molecule has 0 bridgehead atoms. The molecule has 1 aromatic rings. The van der Waals surface area contributed by atoms with E-state index in [1.54, 1.807) is 13.2 Å². The van der Waals surface area contributed by atoms with Gasteiger partial charge in [-0.3, -0.25) is 4.79 Å². The van der Waals surface area contributed by atoms with E-state index in [0.717, 1.165) is 54.1 Å². The van der Waals surface area contributed by atoms with Gasteiger partial charge in [0.2, 0.25) is 5.91 Å². The van der Waals surface area contributed by atoms with Gasteiger partial charge in [-0.15, -0.1) is 0 Å². The van der Waals surface area contributed by atoms with E-state index in [1.807, 2.05) is 69.8 Å². The smallest absolute Gasteiger partial charge is 0.220 e. The Balaban J connectivity index is 0.00000247. The first-order valence-electron chi connectivity index (χ1n) is 13.8. The van der Waals surface area contributed by atoms with Crippen LogP contribution in [0.4, 0.5) is 0 Å². The van der Waals surface area contributed by atoms with Crippen molar-refractivity contribution in [2.45, 2.75) is 84.2 Å². The maximum Gasteiger partial charge on any atom is 0.220 e. The number of nitrogens with one attached hydrogen (secondary N) is 1. The largest absolute Gasteiger partial charge is 0.501 e. The number of allylic oxidation sites excluding steroid dienone is 8. The van der Waals surface area contributed by atoms with Gasteiger partial charge in [0.1, 0.15) is 0 Å². The minimum absolute atomic E-state index is 0.0172. The van der Waals surface area contributed by atoms with Crippen LogP contribution in [0, 0.1) is 0 Å². The van der Waals surface area contributed by atoms with Gasteiger partial charge in [0.05, 0.1) is 25.1 Å². The van der Waals surface area contributed by atoms with Crippen LogP contribution in [-0.2, 0) is 20.7 Å². The topological polar surface area (TPSA) is 47.6 Å². The molecule has 6 heteroatoms. The molecule has 1 amide bonds. The van der Waals surface area contributed by atoms with Gasteiger partial charge >= 0.3 is 0 Å². The lowest BCUT2D eigenvalue weighted by Crippen LogP contribution is -2.26. The van der Waals surface area contributed by atoms with Crippen LogP contribution in [-0.4, -0.2) is 29.6 Å². The van der Waals surface area contributed by atoms with E-state index < -0.39 is 0 Å². The van der Waals surface area contributed by atoms with E-state index in [2.05, 4.69) is 35.7 Å². The average Bonchev–Trinajstić information content (AvgIpc) is 2.92. The number of carbonyl (C=O) groups is 1. The molecule has 1 heterocycles. The molecule has 1 aliphatic heterocycles. The van der Waals surface area contributed by atoms with Crippen LogP contribution in [0.15, 0.2) is 78.3 Å². The predicted molar refractivity (Wildman–Crippen MR) is 164 cm³/mol. The zero-order chi connectivity index (χ0) is 27.8. The molecule has 0 spiro atoms. The van der Waals surface area contributed by atoms with Crippen LogP contribution >= 0.6 is 23.4 Å². The summed E-state index contributed by atoms with van der Waals surface area (Å²) in [6.07, 6.45) is 21.2. The molecule has 1 aromatic carbocycles. The number of amides is 1. The molecule has 1 aliphatic carbocycles. The lowest BCUT2D eigenvalue weighted by Gasteiger charge is -2.31. The number of halogens is 1. The van der Waals surface area contributed by atoms with Crippen molar-refractivity contribution < 1.29 is 14.3 Å². The van der Waals surface area contributed by atoms with Crippen LogP contribution in [0.2, 0.25) is 5.02 Å². The monoisotopic (exact) mass is 557 g/mol. The maximum absolute atomic E-state index is 11.4. The van der Waals surface area contributed by atoms with Gasteiger partial charge in [-0.1, -0.05) is 68.0 Å². The van der Waals surface area contributed by atoms with Crippen molar-refractivity contribution in [1.29, 1.82) is 0 Å². The van der Waals surface area contributed by atoms with Crippen LogP contribution in [0.1, 0.15) is 77.5 Å². The summed E-state index contributed by atoms with van der Waals surface area (Å²) in [6, 6.07) is 6.31. The van der Waals surface area contributed by atoms with Crippen molar-refractivity contribution in [3.63, 3.8) is 0 Å². The molecule has 1 fully saturated rings. The third-order valence-corrected chi connectivity index (χ3v) is 7.78. The van der Waals surface area contributed by atoms with Crippen molar-refractivity contribution >= 4 is 29.3 Å². The Morgan fingerprint density at radius 2 is 2.11 bits per heavy atom. The van der Waals surface area contributed by atoms with Crippen molar-refractivity contribution in [3.05, 3.63) is 94.4 Å². The summed E-state index contributed by atoms with van der Waals surface area (Å²) in [4.78, 5) is 11.4. The SMILES string of the molecule is CC.C\C=C/C(=C\C=C\OCC)Cc1cc(C2CCCC(CSC3C=CC=C(NC(C)=O)C3)O2)ccc1Cl. The molecule has 3 atom stereocenters. The minimum Gasteiger partial charge on any atom is -0.501 e. The molecular formula is C32H44ClNO3S. The van der Waals surface area contributed by atoms with E-state index in [4.69, 9.17) is 21.1 Å². The average molecular weight is 558 g/mol. The van der Waals surface area contributed by atoms with E-state index in [0.29, 0.717) is 11.9 Å². The molecule has 1 N–H and O–H groups in total. The van der Waals surface area contributed by atoms with Gasteiger partial charge in [0, 0.05) is 35.1 Å². The second-order valence-corrected chi connectivity index (χ2v) is 10.7. The number of ether oxygens (including phenoxy) is 2. The normalized spacial score (nSPS) is 21.7. The van der Waals surface area contributed by atoms with Gasteiger partial charge in [-0.2, -0.15) is 11.8 Å². The van der Waals surface area contributed by atoms with Crippen LogP contribution in [0.3, 0.4) is 0 Å². The fraction of sp³-hybridized carbons (Fsp3) is 0.469. The van der Waals surface area contributed by atoms with E-state index in [-0.39, 0.29) is 18.1 Å². The molecule has 38 heavy (non-hydrogen) atoms. The lowest BCUT2D eigenvalue weighted by molar-refractivity contribution is -0.118. The Morgan fingerprint density at radius 3 is 2.84 bits per heavy atom. The molecule has 0 aromatic heterocycles. The van der Waals surface area contributed by atoms with Gasteiger partial charge in [0.15, 0.2) is 0 Å².